The lowest BCUT2D eigenvalue weighted by Crippen LogP contribution is -2.23. The highest BCUT2D eigenvalue weighted by Gasteiger charge is 2.16. The van der Waals surface area contributed by atoms with Crippen LogP contribution in [0.2, 0.25) is 0 Å². The van der Waals surface area contributed by atoms with E-state index in [1.807, 2.05) is 37.3 Å². The van der Waals surface area contributed by atoms with Crippen LogP contribution in [0.1, 0.15) is 25.5 Å². The first-order chi connectivity index (χ1) is 9.67. The van der Waals surface area contributed by atoms with Crippen molar-refractivity contribution in [2.75, 3.05) is 26.9 Å². The van der Waals surface area contributed by atoms with Gasteiger partial charge in [-0.3, -0.25) is 0 Å². The minimum atomic E-state index is -0.706. The lowest BCUT2D eigenvalue weighted by molar-refractivity contribution is -0.0562. The van der Waals surface area contributed by atoms with Gasteiger partial charge in [-0.2, -0.15) is 0 Å². The minimum absolute atomic E-state index is 0.181. The van der Waals surface area contributed by atoms with Crippen LogP contribution in [0.15, 0.2) is 30.3 Å². The topological polar surface area (TPSA) is 54.0 Å². The molecule has 0 amide bonds. The van der Waals surface area contributed by atoms with E-state index in [0.717, 1.165) is 5.56 Å². The molecule has 5 nitrogen and oxygen atoms in total. The summed E-state index contributed by atoms with van der Waals surface area (Å²) in [5.74, 6) is 0. The second kappa shape index (κ2) is 9.34. The van der Waals surface area contributed by atoms with Crippen LogP contribution in [-0.4, -0.2) is 39.2 Å². The summed E-state index contributed by atoms with van der Waals surface area (Å²) in [5, 5.41) is 0. The first-order valence-electron chi connectivity index (χ1n) is 6.66. The Labute approximate surface area is 119 Å². The fraction of sp³-hybridized carbons (Fsp3) is 0.533. The highest BCUT2D eigenvalue weighted by atomic mass is 16.7. The van der Waals surface area contributed by atoms with Crippen LogP contribution in [-0.2, 0) is 18.9 Å². The zero-order valence-electron chi connectivity index (χ0n) is 12.2. The second-order valence-electron chi connectivity index (χ2n) is 4.27. The molecule has 1 aromatic carbocycles. The lowest BCUT2D eigenvalue weighted by atomic mass is 10.1. The van der Waals surface area contributed by atoms with Crippen LogP contribution in [0.4, 0.5) is 4.79 Å². The predicted octanol–water partition coefficient (Wildman–Crippen LogP) is 2.95. The van der Waals surface area contributed by atoms with Gasteiger partial charge in [0, 0.05) is 6.61 Å². The number of carbonyl (C=O) groups is 1. The van der Waals surface area contributed by atoms with Gasteiger partial charge in [0.15, 0.2) is 0 Å². The summed E-state index contributed by atoms with van der Waals surface area (Å²) >= 11 is 0. The molecule has 1 rings (SSSR count). The first-order valence-corrected chi connectivity index (χ1v) is 6.66. The van der Waals surface area contributed by atoms with Crippen LogP contribution < -0.4 is 0 Å². The van der Waals surface area contributed by atoms with Crippen LogP contribution in [0.3, 0.4) is 0 Å². The van der Waals surface area contributed by atoms with Gasteiger partial charge in [0.1, 0.15) is 12.2 Å². The maximum absolute atomic E-state index is 11.0. The van der Waals surface area contributed by atoms with E-state index in [4.69, 9.17) is 14.2 Å². The summed E-state index contributed by atoms with van der Waals surface area (Å²) in [6.45, 7) is 5.05. The summed E-state index contributed by atoms with van der Waals surface area (Å²) < 4.78 is 20.6. The largest absolute Gasteiger partial charge is 0.508 e. The molecule has 112 valence electrons. The average molecular weight is 282 g/mol. The van der Waals surface area contributed by atoms with Gasteiger partial charge in [-0.15, -0.1) is 0 Å². The highest BCUT2D eigenvalue weighted by Crippen LogP contribution is 2.18. The summed E-state index contributed by atoms with van der Waals surface area (Å²) in [6.07, 6.45) is -1.27. The standard InChI is InChI=1S/C15H22O5/c1-4-18-11-14(13-8-6-5-7-9-13)19-10-12(2)20-15(16)17-3/h5-9,12,14H,4,10-11H2,1-3H3. The number of rotatable bonds is 8. The third kappa shape index (κ3) is 6.04. The van der Waals surface area contributed by atoms with Crippen molar-refractivity contribution in [1.82, 2.24) is 0 Å². The number of carbonyl (C=O) groups excluding carboxylic acids is 1. The van der Waals surface area contributed by atoms with Crippen molar-refractivity contribution in [1.29, 1.82) is 0 Å². The Morgan fingerprint density at radius 2 is 1.90 bits per heavy atom. The molecule has 20 heavy (non-hydrogen) atoms. The highest BCUT2D eigenvalue weighted by molar-refractivity contribution is 5.59. The molecule has 2 unspecified atom stereocenters. The van der Waals surface area contributed by atoms with Crippen molar-refractivity contribution < 1.29 is 23.7 Å². The second-order valence-corrected chi connectivity index (χ2v) is 4.27. The van der Waals surface area contributed by atoms with Crippen LogP contribution in [0.5, 0.6) is 0 Å². The Morgan fingerprint density at radius 1 is 1.20 bits per heavy atom. The molecule has 0 bridgehead atoms. The van der Waals surface area contributed by atoms with Crippen molar-refractivity contribution in [3.63, 3.8) is 0 Å². The van der Waals surface area contributed by atoms with Crippen molar-refractivity contribution >= 4 is 6.16 Å². The van der Waals surface area contributed by atoms with Crippen LogP contribution >= 0.6 is 0 Å². The summed E-state index contributed by atoms with van der Waals surface area (Å²) in [4.78, 5) is 11.0. The predicted molar refractivity (Wildman–Crippen MR) is 74.6 cm³/mol. The van der Waals surface area contributed by atoms with Crippen molar-refractivity contribution in [2.45, 2.75) is 26.1 Å². The van der Waals surface area contributed by atoms with Crippen LogP contribution in [0.25, 0.3) is 0 Å². The van der Waals surface area contributed by atoms with E-state index < -0.39 is 6.16 Å². The fourth-order valence-corrected chi connectivity index (χ4v) is 1.63. The molecule has 2 atom stereocenters. The van der Waals surface area contributed by atoms with E-state index in [-0.39, 0.29) is 18.8 Å². The Kier molecular flexibility index (Phi) is 7.69. The van der Waals surface area contributed by atoms with Gasteiger partial charge in [-0.1, -0.05) is 30.3 Å². The molecular formula is C15H22O5. The summed E-state index contributed by atoms with van der Waals surface area (Å²) in [5.41, 5.74) is 1.03. The molecule has 0 heterocycles. The van der Waals surface area contributed by atoms with E-state index in [2.05, 4.69) is 4.74 Å². The molecule has 0 saturated carbocycles. The molecule has 0 N–H and O–H groups in total. The molecule has 5 heteroatoms. The normalized spacial score (nSPS) is 13.6. The zero-order valence-corrected chi connectivity index (χ0v) is 12.2. The number of ether oxygens (including phenoxy) is 4. The Hall–Kier alpha value is -1.59. The number of benzene rings is 1. The average Bonchev–Trinajstić information content (AvgIpc) is 2.48. The van der Waals surface area contributed by atoms with Crippen molar-refractivity contribution in [3.05, 3.63) is 35.9 Å². The van der Waals surface area contributed by atoms with Gasteiger partial charge < -0.3 is 18.9 Å². The quantitative estimate of drug-likeness (QED) is 0.686. The molecule has 0 aromatic heterocycles. The van der Waals surface area contributed by atoms with E-state index in [0.29, 0.717) is 13.2 Å². The third-order valence-electron chi connectivity index (χ3n) is 2.64. The van der Waals surface area contributed by atoms with Crippen LogP contribution in [0, 0.1) is 0 Å². The molecule has 0 radical (unpaired) electrons. The van der Waals surface area contributed by atoms with E-state index >= 15 is 0 Å². The zero-order chi connectivity index (χ0) is 14.8. The van der Waals surface area contributed by atoms with Gasteiger partial charge >= 0.3 is 6.16 Å². The van der Waals surface area contributed by atoms with Gasteiger partial charge in [0.05, 0.1) is 20.3 Å². The molecule has 0 spiro atoms. The minimum Gasteiger partial charge on any atom is -0.438 e. The van der Waals surface area contributed by atoms with Gasteiger partial charge in [0.2, 0.25) is 0 Å². The molecule has 0 fully saturated rings. The fourth-order valence-electron chi connectivity index (χ4n) is 1.63. The number of methoxy groups -OCH3 is 1. The van der Waals surface area contributed by atoms with E-state index in [9.17, 15) is 4.79 Å². The molecule has 0 aliphatic rings. The number of hydrogen-bond acceptors (Lipinski definition) is 5. The summed E-state index contributed by atoms with van der Waals surface area (Å²) in [6, 6.07) is 9.81. The Balaban J connectivity index is 2.51. The molecule has 0 saturated heterocycles. The van der Waals surface area contributed by atoms with E-state index in [1.54, 1.807) is 6.92 Å². The molecule has 1 aromatic rings. The monoisotopic (exact) mass is 282 g/mol. The molecule has 0 aliphatic heterocycles. The summed E-state index contributed by atoms with van der Waals surface area (Å²) in [7, 11) is 1.28. The van der Waals surface area contributed by atoms with Gasteiger partial charge in [0.25, 0.3) is 0 Å². The van der Waals surface area contributed by atoms with Crippen molar-refractivity contribution in [2.24, 2.45) is 0 Å². The maximum atomic E-state index is 11.0. The Morgan fingerprint density at radius 3 is 2.50 bits per heavy atom. The third-order valence-corrected chi connectivity index (χ3v) is 2.64. The molecular weight excluding hydrogens is 260 g/mol. The number of hydrogen-bond donors (Lipinski definition) is 0. The smallest absolute Gasteiger partial charge is 0.438 e. The van der Waals surface area contributed by atoms with Gasteiger partial charge in [-0.05, 0) is 19.4 Å². The molecule has 0 aliphatic carbocycles. The maximum Gasteiger partial charge on any atom is 0.508 e. The first kappa shape index (κ1) is 16.5. The lowest BCUT2D eigenvalue weighted by Gasteiger charge is -2.20. The SMILES string of the molecule is CCOCC(OCC(C)OC(=O)OC)c1ccccc1. The van der Waals surface area contributed by atoms with E-state index in [1.165, 1.54) is 7.11 Å². The Bertz CT molecular complexity index is 379. The van der Waals surface area contributed by atoms with Crippen molar-refractivity contribution in [3.8, 4) is 0 Å². The van der Waals surface area contributed by atoms with Gasteiger partial charge in [-0.25, -0.2) is 4.79 Å².